The Hall–Kier alpha value is -3.48. The SMILES string of the molecule is CCC(=O)O[C@H]1[C@H]2C(=C(O)[C@]3(O)C(=O)C(C(N)=O)C(O)[C@@H](N(C)C)[C@H]13)C(=O)c1c(ccc(N)c1O)[C@@H]2C. The number of phenols is 1. The van der Waals surface area contributed by atoms with Crippen LogP contribution in [-0.4, -0.2) is 86.7 Å². The van der Waals surface area contributed by atoms with E-state index in [0.29, 0.717) is 5.56 Å². The number of nitrogens with two attached hydrogens (primary N) is 2. The Kier molecular flexibility index (Phi) is 6.34. The molecule has 1 aromatic carbocycles. The van der Waals surface area contributed by atoms with E-state index in [1.165, 1.54) is 38.1 Å². The summed E-state index contributed by atoms with van der Waals surface area (Å²) in [5.74, 6) is -10.9. The van der Waals surface area contributed by atoms with Crippen LogP contribution in [-0.2, 0) is 19.1 Å². The van der Waals surface area contributed by atoms with Crippen LogP contribution < -0.4 is 11.5 Å². The van der Waals surface area contributed by atoms with Gasteiger partial charge in [0.1, 0.15) is 23.5 Å². The molecule has 1 amide bonds. The highest BCUT2D eigenvalue weighted by molar-refractivity contribution is 6.16. The molecular weight excluding hydrogens is 486 g/mol. The van der Waals surface area contributed by atoms with Crippen molar-refractivity contribution in [3.05, 3.63) is 34.6 Å². The van der Waals surface area contributed by atoms with Gasteiger partial charge in [-0.25, -0.2) is 0 Å². The summed E-state index contributed by atoms with van der Waals surface area (Å²) in [5.41, 5.74) is 7.89. The lowest BCUT2D eigenvalue weighted by molar-refractivity contribution is -0.203. The fourth-order valence-electron chi connectivity index (χ4n) is 6.34. The average Bonchev–Trinajstić information content (AvgIpc) is 2.82. The van der Waals surface area contributed by atoms with Crippen LogP contribution in [0.3, 0.4) is 0 Å². The van der Waals surface area contributed by atoms with Crippen LogP contribution in [0.4, 0.5) is 5.69 Å². The van der Waals surface area contributed by atoms with Crippen LogP contribution in [0.5, 0.6) is 5.75 Å². The quantitative estimate of drug-likeness (QED) is 0.128. The summed E-state index contributed by atoms with van der Waals surface area (Å²) in [6.45, 7) is 3.21. The molecule has 0 saturated heterocycles. The number of ether oxygens (including phenoxy) is 1. The van der Waals surface area contributed by atoms with Crippen molar-refractivity contribution < 1.29 is 44.3 Å². The average molecular weight is 518 g/mol. The molecule has 0 radical (unpaired) electrons. The molecule has 0 heterocycles. The molecule has 8 N–H and O–H groups in total. The zero-order valence-corrected chi connectivity index (χ0v) is 20.8. The Morgan fingerprint density at radius 1 is 1.19 bits per heavy atom. The van der Waals surface area contributed by atoms with Crippen LogP contribution in [0.15, 0.2) is 23.5 Å². The van der Waals surface area contributed by atoms with Crippen molar-refractivity contribution >= 4 is 29.1 Å². The molecule has 12 heteroatoms. The Morgan fingerprint density at radius 2 is 1.81 bits per heavy atom. The number of ketones is 2. The second-order valence-corrected chi connectivity index (χ2v) is 10.2. The van der Waals surface area contributed by atoms with Gasteiger partial charge in [0.05, 0.1) is 23.3 Å². The Morgan fingerprint density at radius 3 is 2.35 bits per heavy atom. The lowest BCUT2D eigenvalue weighted by Gasteiger charge is -2.57. The number of esters is 1. The monoisotopic (exact) mass is 517 g/mol. The van der Waals surface area contributed by atoms with Gasteiger partial charge < -0.3 is 41.5 Å². The molecule has 1 saturated carbocycles. The number of nitrogen functional groups attached to an aromatic ring is 1. The highest BCUT2D eigenvalue weighted by Gasteiger charge is 2.70. The van der Waals surface area contributed by atoms with Gasteiger partial charge >= 0.3 is 5.97 Å². The van der Waals surface area contributed by atoms with E-state index in [-0.39, 0.29) is 17.7 Å². The number of fused-ring (bicyclic) bond motifs is 3. The van der Waals surface area contributed by atoms with E-state index in [0.717, 1.165) is 0 Å². The number of anilines is 1. The van der Waals surface area contributed by atoms with Crippen molar-refractivity contribution in [1.82, 2.24) is 4.90 Å². The minimum Gasteiger partial charge on any atom is -0.508 e. The molecule has 0 bridgehead atoms. The number of amides is 1. The lowest BCUT2D eigenvalue weighted by Crippen LogP contribution is -2.74. The molecule has 2 unspecified atom stereocenters. The molecule has 4 rings (SSSR count). The van der Waals surface area contributed by atoms with Crippen molar-refractivity contribution in [3.63, 3.8) is 0 Å². The number of hydrogen-bond acceptors (Lipinski definition) is 11. The first-order valence-electron chi connectivity index (χ1n) is 11.9. The van der Waals surface area contributed by atoms with Gasteiger partial charge in [-0.15, -0.1) is 0 Å². The van der Waals surface area contributed by atoms with E-state index >= 15 is 0 Å². The number of phenolic OH excluding ortho intramolecular Hbond substituents is 1. The maximum atomic E-state index is 13.8. The van der Waals surface area contributed by atoms with Crippen LogP contribution in [0, 0.1) is 17.8 Å². The first-order chi connectivity index (χ1) is 17.2. The Balaban J connectivity index is 2.09. The summed E-state index contributed by atoms with van der Waals surface area (Å²) in [6.07, 6.45) is -3.19. The first-order valence-corrected chi connectivity index (χ1v) is 11.9. The van der Waals surface area contributed by atoms with E-state index in [9.17, 15) is 39.6 Å². The smallest absolute Gasteiger partial charge is 0.305 e. The van der Waals surface area contributed by atoms with E-state index in [1.807, 2.05) is 0 Å². The zero-order chi connectivity index (χ0) is 27.7. The third kappa shape index (κ3) is 3.46. The second-order valence-electron chi connectivity index (χ2n) is 10.2. The van der Waals surface area contributed by atoms with Crippen LogP contribution in [0.1, 0.15) is 42.1 Å². The van der Waals surface area contributed by atoms with Crippen LogP contribution in [0.25, 0.3) is 0 Å². The normalized spacial score (nSPS) is 35.1. The van der Waals surface area contributed by atoms with Crippen molar-refractivity contribution in [2.24, 2.45) is 23.5 Å². The number of aliphatic hydroxyl groups is 3. The minimum absolute atomic E-state index is 0.0807. The van der Waals surface area contributed by atoms with Gasteiger partial charge in [-0.2, -0.15) is 0 Å². The predicted octanol–water partition coefficient (Wildman–Crippen LogP) is -0.639. The maximum Gasteiger partial charge on any atom is 0.305 e. The molecule has 37 heavy (non-hydrogen) atoms. The van der Waals surface area contributed by atoms with Crippen LogP contribution >= 0.6 is 0 Å². The van der Waals surface area contributed by atoms with Gasteiger partial charge in [-0.1, -0.05) is 19.9 Å². The van der Waals surface area contributed by atoms with E-state index in [2.05, 4.69) is 0 Å². The molecular formula is C25H31N3O9. The summed E-state index contributed by atoms with van der Waals surface area (Å²) < 4.78 is 5.76. The molecule has 1 aromatic rings. The number of likely N-dealkylation sites (N-methyl/N-ethyl adjacent to an activating group) is 1. The van der Waals surface area contributed by atoms with Gasteiger partial charge in [0.2, 0.25) is 5.91 Å². The third-order valence-electron chi connectivity index (χ3n) is 8.06. The number of hydrogen-bond donors (Lipinski definition) is 6. The highest BCUT2D eigenvalue weighted by Crippen LogP contribution is 2.56. The van der Waals surface area contributed by atoms with Gasteiger partial charge in [0.15, 0.2) is 17.2 Å². The largest absolute Gasteiger partial charge is 0.508 e. The molecule has 200 valence electrons. The second kappa shape index (κ2) is 8.82. The molecule has 0 aromatic heterocycles. The molecule has 1 fully saturated rings. The van der Waals surface area contributed by atoms with Gasteiger partial charge in [-0.3, -0.25) is 19.2 Å². The standard InChI is InChI=1S/C25H31N3O9/c1-5-11(29)37-21-12-8(2)9-6-7-10(26)18(30)13(9)19(31)14(12)22(33)25(36)16(21)17(28(3)4)20(32)15(23(25)34)24(27)35/h6-8,12,15-17,20-21,30,32-33,36H,5,26H2,1-4H3,(H2,27,35)/t8-,12+,15?,16+,17-,20?,21-,25-/m0/s1. The molecule has 0 spiro atoms. The van der Waals surface area contributed by atoms with E-state index in [4.69, 9.17) is 16.2 Å². The third-order valence-corrected chi connectivity index (χ3v) is 8.06. The zero-order valence-electron chi connectivity index (χ0n) is 20.8. The van der Waals surface area contributed by atoms with Crippen molar-refractivity contribution in [2.45, 2.75) is 50.0 Å². The minimum atomic E-state index is -2.92. The van der Waals surface area contributed by atoms with Crippen molar-refractivity contribution in [2.75, 3.05) is 19.8 Å². The fraction of sp³-hybridized carbons (Fsp3) is 0.520. The number of primary amides is 1. The van der Waals surface area contributed by atoms with Gasteiger partial charge in [0.25, 0.3) is 0 Å². The Labute approximate surface area is 212 Å². The summed E-state index contributed by atoms with van der Waals surface area (Å²) in [7, 11) is 3.03. The molecule has 3 aliphatic carbocycles. The van der Waals surface area contributed by atoms with Crippen LogP contribution in [0.2, 0.25) is 0 Å². The summed E-state index contributed by atoms with van der Waals surface area (Å²) >= 11 is 0. The van der Waals surface area contributed by atoms with E-state index in [1.54, 1.807) is 6.92 Å². The molecule has 0 aliphatic heterocycles. The first kappa shape index (κ1) is 26.6. The summed E-state index contributed by atoms with van der Waals surface area (Å²) in [6, 6.07) is 1.74. The highest BCUT2D eigenvalue weighted by atomic mass is 16.5. The molecule has 3 aliphatic rings. The molecule has 12 nitrogen and oxygen atoms in total. The number of aromatic hydroxyl groups is 1. The Bertz CT molecular complexity index is 1240. The van der Waals surface area contributed by atoms with E-state index < -0.39 is 88.0 Å². The topological polar surface area (TPSA) is 214 Å². The number of nitrogens with zero attached hydrogens (tertiary/aromatic N) is 1. The van der Waals surface area contributed by atoms with Crippen molar-refractivity contribution in [1.29, 1.82) is 0 Å². The number of carbonyl (C=O) groups excluding carboxylic acids is 4. The summed E-state index contributed by atoms with van der Waals surface area (Å²) in [5, 5.41) is 45.1. The van der Waals surface area contributed by atoms with Crippen molar-refractivity contribution in [3.8, 4) is 5.75 Å². The number of Topliss-reactive ketones (excluding diaryl/α,β-unsaturated/α-hetero) is 2. The lowest BCUT2D eigenvalue weighted by atomic mass is 9.53. The number of benzene rings is 1. The molecule has 8 atom stereocenters. The predicted molar refractivity (Wildman–Crippen MR) is 128 cm³/mol. The summed E-state index contributed by atoms with van der Waals surface area (Å²) in [4.78, 5) is 53.6. The number of carbonyl (C=O) groups is 4. The van der Waals surface area contributed by atoms with Gasteiger partial charge in [0, 0.05) is 24.0 Å². The number of rotatable bonds is 4. The number of aliphatic hydroxyl groups excluding tert-OH is 2. The maximum absolute atomic E-state index is 13.8. The van der Waals surface area contributed by atoms with Gasteiger partial charge in [-0.05, 0) is 31.6 Å². The fourth-order valence-corrected chi connectivity index (χ4v) is 6.34.